The number of nitrogens with one attached hydrogen (secondary N) is 1. The molecule has 0 saturated carbocycles. The van der Waals surface area contributed by atoms with Gasteiger partial charge >= 0.3 is 12.1 Å². The summed E-state index contributed by atoms with van der Waals surface area (Å²) in [5.41, 5.74) is 1.58. The smallest absolute Gasteiger partial charge is 0.411 e. The fourth-order valence-electron chi connectivity index (χ4n) is 3.50. The van der Waals surface area contributed by atoms with Crippen molar-refractivity contribution in [3.8, 4) is 11.5 Å². The number of esters is 1. The molecule has 1 aliphatic rings. The lowest BCUT2D eigenvalue weighted by Crippen LogP contribution is -2.52. The molecule has 1 N–H and O–H groups in total. The van der Waals surface area contributed by atoms with Gasteiger partial charge in [-0.15, -0.1) is 0 Å². The molecular formula is C25H30N2O7. The molecule has 1 atom stereocenters. The van der Waals surface area contributed by atoms with E-state index in [0.29, 0.717) is 23.6 Å². The number of hydrogen-bond donors (Lipinski definition) is 1. The SMILES string of the molecule is COC(=O)COc1ccc2c(c1)CN(C(=O)OC(C)(C)C)[C@H](C(=O)Nc1ccc(OC)cc1)C2. The number of methoxy groups -OCH3 is 2. The first kappa shape index (κ1) is 24.9. The number of hydrogen-bond acceptors (Lipinski definition) is 7. The molecule has 0 fully saturated rings. The maximum Gasteiger partial charge on any atom is 0.411 e. The van der Waals surface area contributed by atoms with E-state index in [4.69, 9.17) is 14.2 Å². The first-order valence-corrected chi connectivity index (χ1v) is 10.9. The first-order chi connectivity index (χ1) is 16.1. The number of ether oxygens (including phenoxy) is 4. The normalized spacial score (nSPS) is 15.1. The highest BCUT2D eigenvalue weighted by Gasteiger charge is 2.37. The van der Waals surface area contributed by atoms with Gasteiger partial charge in [-0.05, 0) is 68.3 Å². The molecule has 0 spiro atoms. The van der Waals surface area contributed by atoms with Crippen LogP contribution in [0, 0.1) is 0 Å². The third kappa shape index (κ3) is 6.40. The number of fused-ring (bicyclic) bond motifs is 1. The molecule has 1 heterocycles. The van der Waals surface area contributed by atoms with Crippen LogP contribution in [0.2, 0.25) is 0 Å². The monoisotopic (exact) mass is 470 g/mol. The van der Waals surface area contributed by atoms with Crippen LogP contribution >= 0.6 is 0 Å². The Morgan fingerprint density at radius 3 is 2.29 bits per heavy atom. The fourth-order valence-corrected chi connectivity index (χ4v) is 3.50. The van der Waals surface area contributed by atoms with E-state index in [0.717, 1.165) is 11.1 Å². The zero-order valence-corrected chi connectivity index (χ0v) is 20.0. The van der Waals surface area contributed by atoms with Crippen molar-refractivity contribution in [2.45, 2.75) is 45.4 Å². The second kappa shape index (κ2) is 10.5. The summed E-state index contributed by atoms with van der Waals surface area (Å²) in [6, 6.07) is 11.5. The van der Waals surface area contributed by atoms with Crippen molar-refractivity contribution in [1.29, 1.82) is 0 Å². The lowest BCUT2D eigenvalue weighted by Gasteiger charge is -2.37. The predicted molar refractivity (Wildman–Crippen MR) is 125 cm³/mol. The van der Waals surface area contributed by atoms with Gasteiger partial charge in [0.05, 0.1) is 20.8 Å². The number of rotatable bonds is 6. The average Bonchev–Trinajstić information content (AvgIpc) is 2.80. The second-order valence-corrected chi connectivity index (χ2v) is 8.84. The standard InChI is InChI=1S/C25H30N2O7/c1-25(2,3)34-24(30)27-14-17-12-20(33-15-22(28)32-5)9-6-16(17)13-21(27)23(29)26-18-7-10-19(31-4)11-8-18/h6-12,21H,13-15H2,1-5H3,(H,26,29)/t21-/m0/s1. The van der Waals surface area contributed by atoms with Gasteiger partial charge in [0.2, 0.25) is 5.91 Å². The number of nitrogens with zero attached hydrogens (tertiary/aromatic N) is 1. The zero-order valence-electron chi connectivity index (χ0n) is 20.0. The maximum absolute atomic E-state index is 13.2. The van der Waals surface area contributed by atoms with Crippen LogP contribution in [-0.4, -0.2) is 55.3 Å². The molecule has 3 rings (SSSR count). The summed E-state index contributed by atoms with van der Waals surface area (Å²) in [7, 11) is 2.85. The summed E-state index contributed by atoms with van der Waals surface area (Å²) in [5, 5.41) is 2.87. The lowest BCUT2D eigenvalue weighted by atomic mass is 9.93. The Balaban J connectivity index is 1.84. The molecule has 9 heteroatoms. The van der Waals surface area contributed by atoms with Crippen molar-refractivity contribution in [3.05, 3.63) is 53.6 Å². The minimum Gasteiger partial charge on any atom is -0.497 e. The number of carbonyl (C=O) groups is 3. The van der Waals surface area contributed by atoms with Gasteiger partial charge in [0.1, 0.15) is 23.1 Å². The van der Waals surface area contributed by atoms with Crippen LogP contribution in [0.15, 0.2) is 42.5 Å². The minimum atomic E-state index is -0.772. The van der Waals surface area contributed by atoms with Crippen LogP contribution in [0.25, 0.3) is 0 Å². The van der Waals surface area contributed by atoms with Crippen LogP contribution in [0.4, 0.5) is 10.5 Å². The van der Waals surface area contributed by atoms with Gasteiger partial charge in [-0.25, -0.2) is 9.59 Å². The molecule has 2 amide bonds. The van der Waals surface area contributed by atoms with Gasteiger partial charge in [-0.3, -0.25) is 9.69 Å². The number of amides is 2. The summed E-state index contributed by atoms with van der Waals surface area (Å²) >= 11 is 0. The molecule has 0 unspecified atom stereocenters. The van der Waals surface area contributed by atoms with Crippen LogP contribution in [-0.2, 0) is 32.0 Å². The van der Waals surface area contributed by atoms with Crippen molar-refractivity contribution in [3.63, 3.8) is 0 Å². The topological polar surface area (TPSA) is 103 Å². The molecule has 0 aliphatic carbocycles. The molecule has 182 valence electrons. The summed E-state index contributed by atoms with van der Waals surface area (Å²) in [6.45, 7) is 5.24. The van der Waals surface area contributed by atoms with E-state index in [-0.39, 0.29) is 19.1 Å². The molecule has 34 heavy (non-hydrogen) atoms. The Bertz CT molecular complexity index is 1040. The van der Waals surface area contributed by atoms with Crippen LogP contribution in [0.3, 0.4) is 0 Å². The van der Waals surface area contributed by atoms with Gasteiger partial charge in [0.25, 0.3) is 0 Å². The maximum atomic E-state index is 13.2. The molecule has 2 aromatic carbocycles. The third-order valence-corrected chi connectivity index (χ3v) is 5.18. The van der Waals surface area contributed by atoms with Crippen LogP contribution < -0.4 is 14.8 Å². The minimum absolute atomic E-state index is 0.153. The average molecular weight is 471 g/mol. The third-order valence-electron chi connectivity index (χ3n) is 5.18. The highest BCUT2D eigenvalue weighted by Crippen LogP contribution is 2.29. The van der Waals surface area contributed by atoms with Gasteiger partial charge < -0.3 is 24.3 Å². The van der Waals surface area contributed by atoms with Crippen LogP contribution in [0.5, 0.6) is 11.5 Å². The van der Waals surface area contributed by atoms with Gasteiger partial charge in [0.15, 0.2) is 6.61 Å². The molecule has 0 aromatic heterocycles. The second-order valence-electron chi connectivity index (χ2n) is 8.84. The summed E-state index contributed by atoms with van der Waals surface area (Å²) in [6.07, 6.45) is -0.290. The van der Waals surface area contributed by atoms with Crippen LogP contribution in [0.1, 0.15) is 31.9 Å². The molecule has 9 nitrogen and oxygen atoms in total. The van der Waals surface area contributed by atoms with E-state index in [9.17, 15) is 14.4 Å². The fraction of sp³-hybridized carbons (Fsp3) is 0.400. The van der Waals surface area contributed by atoms with Crippen molar-refractivity contribution in [1.82, 2.24) is 4.90 Å². The van der Waals surface area contributed by atoms with E-state index in [1.165, 1.54) is 12.0 Å². The van der Waals surface area contributed by atoms with Crippen molar-refractivity contribution < 1.29 is 33.3 Å². The quantitative estimate of drug-likeness (QED) is 0.644. The summed E-state index contributed by atoms with van der Waals surface area (Å²) in [5.74, 6) is 0.315. The van der Waals surface area contributed by atoms with E-state index >= 15 is 0 Å². The Labute approximate surface area is 198 Å². The molecule has 1 aliphatic heterocycles. The van der Waals surface area contributed by atoms with Crippen molar-refractivity contribution in [2.75, 3.05) is 26.1 Å². The Morgan fingerprint density at radius 2 is 1.68 bits per heavy atom. The number of carbonyl (C=O) groups excluding carboxylic acids is 3. The number of benzene rings is 2. The summed E-state index contributed by atoms with van der Waals surface area (Å²) < 4.78 is 20.8. The van der Waals surface area contributed by atoms with Gasteiger partial charge in [-0.1, -0.05) is 6.07 Å². The first-order valence-electron chi connectivity index (χ1n) is 10.9. The van der Waals surface area contributed by atoms with Crippen molar-refractivity contribution in [2.24, 2.45) is 0 Å². The van der Waals surface area contributed by atoms with Crippen molar-refractivity contribution >= 4 is 23.7 Å². The van der Waals surface area contributed by atoms with E-state index < -0.39 is 23.7 Å². The zero-order chi connectivity index (χ0) is 24.9. The van der Waals surface area contributed by atoms with E-state index in [1.807, 2.05) is 6.07 Å². The molecular weight excluding hydrogens is 440 g/mol. The van der Waals surface area contributed by atoms with E-state index in [2.05, 4.69) is 10.1 Å². The van der Waals surface area contributed by atoms with Gasteiger partial charge in [0, 0.05) is 12.1 Å². The Kier molecular flexibility index (Phi) is 7.65. The molecule has 2 aromatic rings. The molecule has 0 bridgehead atoms. The lowest BCUT2D eigenvalue weighted by molar-refractivity contribution is -0.142. The predicted octanol–water partition coefficient (Wildman–Crippen LogP) is 3.55. The summed E-state index contributed by atoms with van der Waals surface area (Å²) in [4.78, 5) is 39.0. The Morgan fingerprint density at radius 1 is 1.00 bits per heavy atom. The largest absolute Gasteiger partial charge is 0.497 e. The molecule has 0 saturated heterocycles. The number of anilines is 1. The molecule has 0 radical (unpaired) electrons. The van der Waals surface area contributed by atoms with E-state index in [1.54, 1.807) is 64.3 Å². The highest BCUT2D eigenvalue weighted by molar-refractivity contribution is 5.97. The highest BCUT2D eigenvalue weighted by atomic mass is 16.6. The van der Waals surface area contributed by atoms with Gasteiger partial charge in [-0.2, -0.15) is 0 Å². The Hall–Kier alpha value is -3.75.